The van der Waals surface area contributed by atoms with Gasteiger partial charge >= 0.3 is 12.7 Å². The second-order valence-electron chi connectivity index (χ2n) is 5.20. The third kappa shape index (κ3) is 5.64. The standard InChI is InChI=1S/C19H23O5PS/c1-4-21-19(20)17-9-7-15(8-10-17)16-11-13-18(14-12-16)24-25(26,22-5-2)23-6-3/h7-14H,4-6H2,1-3H3. The molecule has 7 heteroatoms. The highest BCUT2D eigenvalue weighted by molar-refractivity contribution is 8.07. The Morgan fingerprint density at radius 1 is 0.846 bits per heavy atom. The van der Waals surface area contributed by atoms with E-state index in [0.717, 1.165) is 11.1 Å². The molecule has 2 aromatic rings. The number of rotatable bonds is 9. The maximum atomic E-state index is 11.7. The molecule has 2 aromatic carbocycles. The Hall–Kier alpha value is -1.72. The summed E-state index contributed by atoms with van der Waals surface area (Å²) in [5.74, 6) is 0.280. The van der Waals surface area contributed by atoms with E-state index in [1.54, 1.807) is 19.1 Å². The normalized spacial score (nSPS) is 11.2. The summed E-state index contributed by atoms with van der Waals surface area (Å²) < 4.78 is 21.7. The highest BCUT2D eigenvalue weighted by Crippen LogP contribution is 2.49. The van der Waals surface area contributed by atoms with Crippen LogP contribution in [0, 0.1) is 0 Å². The van der Waals surface area contributed by atoms with Gasteiger partial charge in [-0.3, -0.25) is 9.05 Å². The highest BCUT2D eigenvalue weighted by atomic mass is 32.5. The van der Waals surface area contributed by atoms with Gasteiger partial charge in [-0.15, -0.1) is 0 Å². The summed E-state index contributed by atoms with van der Waals surface area (Å²) >= 11 is 5.37. The Morgan fingerprint density at radius 3 is 1.81 bits per heavy atom. The van der Waals surface area contributed by atoms with E-state index in [1.165, 1.54) is 0 Å². The summed E-state index contributed by atoms with van der Waals surface area (Å²) in [6.07, 6.45) is 0. The summed E-state index contributed by atoms with van der Waals surface area (Å²) in [6, 6.07) is 14.8. The molecular formula is C19H23O5PS. The SMILES string of the molecule is CCOC(=O)c1ccc(-c2ccc(OP(=S)(OCC)OCC)cc2)cc1. The van der Waals surface area contributed by atoms with Crippen molar-refractivity contribution < 1.29 is 23.1 Å². The van der Waals surface area contributed by atoms with Crippen LogP contribution in [0.2, 0.25) is 0 Å². The van der Waals surface area contributed by atoms with Gasteiger partial charge < -0.3 is 9.26 Å². The number of benzene rings is 2. The first kappa shape index (κ1) is 20.6. The van der Waals surface area contributed by atoms with Crippen molar-refractivity contribution in [1.82, 2.24) is 0 Å². The molecule has 0 heterocycles. The van der Waals surface area contributed by atoms with Crippen molar-refractivity contribution >= 4 is 24.5 Å². The van der Waals surface area contributed by atoms with Crippen LogP contribution in [0.25, 0.3) is 11.1 Å². The quantitative estimate of drug-likeness (QED) is 0.430. The molecule has 5 nitrogen and oxygen atoms in total. The van der Waals surface area contributed by atoms with Crippen LogP contribution in [0.4, 0.5) is 0 Å². The van der Waals surface area contributed by atoms with Crippen molar-refractivity contribution in [2.45, 2.75) is 20.8 Å². The van der Waals surface area contributed by atoms with Gasteiger partial charge in [-0.05, 0) is 56.2 Å². The van der Waals surface area contributed by atoms with Gasteiger partial charge in [-0.1, -0.05) is 24.3 Å². The molecule has 0 aromatic heterocycles. The maximum absolute atomic E-state index is 11.7. The number of carbonyl (C=O) groups is 1. The minimum atomic E-state index is -2.77. The molecule has 0 bridgehead atoms. The van der Waals surface area contributed by atoms with E-state index < -0.39 is 6.72 Å². The summed E-state index contributed by atoms with van der Waals surface area (Å²) in [4.78, 5) is 11.7. The Morgan fingerprint density at radius 2 is 1.35 bits per heavy atom. The molecule has 0 saturated heterocycles. The molecule has 0 atom stereocenters. The lowest BCUT2D eigenvalue weighted by Gasteiger charge is -2.21. The number of carbonyl (C=O) groups excluding carboxylic acids is 1. The Balaban J connectivity index is 2.11. The fraction of sp³-hybridized carbons (Fsp3) is 0.316. The second-order valence-corrected chi connectivity index (χ2v) is 8.13. The minimum absolute atomic E-state index is 0.319. The largest absolute Gasteiger partial charge is 0.462 e. The second kappa shape index (κ2) is 9.83. The van der Waals surface area contributed by atoms with E-state index in [-0.39, 0.29) is 5.97 Å². The van der Waals surface area contributed by atoms with Crippen LogP contribution in [-0.2, 0) is 25.6 Å². The maximum Gasteiger partial charge on any atom is 0.380 e. The van der Waals surface area contributed by atoms with E-state index >= 15 is 0 Å². The van der Waals surface area contributed by atoms with Crippen molar-refractivity contribution in [2.75, 3.05) is 19.8 Å². The fourth-order valence-electron chi connectivity index (χ4n) is 2.26. The Bertz CT molecular complexity index is 749. The molecule has 0 unspecified atom stereocenters. The first-order chi connectivity index (χ1) is 12.5. The smallest absolute Gasteiger partial charge is 0.380 e. The minimum Gasteiger partial charge on any atom is -0.462 e. The molecular weight excluding hydrogens is 371 g/mol. The van der Waals surface area contributed by atoms with E-state index in [9.17, 15) is 4.79 Å². The Labute approximate surface area is 159 Å². The lowest BCUT2D eigenvalue weighted by molar-refractivity contribution is 0.0526. The average molecular weight is 394 g/mol. The number of esters is 1. The summed E-state index contributed by atoms with van der Waals surface area (Å²) in [5, 5.41) is 0. The predicted octanol–water partition coefficient (Wildman–Crippen LogP) is 5.21. The Kier molecular flexibility index (Phi) is 7.79. The van der Waals surface area contributed by atoms with E-state index in [0.29, 0.717) is 31.1 Å². The van der Waals surface area contributed by atoms with Crippen molar-refractivity contribution in [3.8, 4) is 16.9 Å². The number of hydrogen-bond acceptors (Lipinski definition) is 6. The summed E-state index contributed by atoms with van der Waals surface area (Å²) in [7, 11) is 0. The van der Waals surface area contributed by atoms with Gasteiger partial charge in [0, 0.05) is 11.8 Å². The molecule has 0 radical (unpaired) electrons. The topological polar surface area (TPSA) is 54.0 Å². The van der Waals surface area contributed by atoms with Gasteiger partial charge in [0.05, 0.1) is 25.4 Å². The molecule has 140 valence electrons. The third-order valence-electron chi connectivity index (χ3n) is 3.38. The fourth-order valence-corrected chi connectivity index (χ4v) is 4.34. The molecule has 0 fully saturated rings. The summed E-state index contributed by atoms with van der Waals surface area (Å²) in [6.45, 7) is 3.95. The highest BCUT2D eigenvalue weighted by Gasteiger charge is 2.21. The third-order valence-corrected chi connectivity index (χ3v) is 5.81. The van der Waals surface area contributed by atoms with E-state index in [2.05, 4.69) is 0 Å². The van der Waals surface area contributed by atoms with Crippen molar-refractivity contribution in [3.63, 3.8) is 0 Å². The molecule has 2 rings (SSSR count). The predicted molar refractivity (Wildman–Crippen MR) is 106 cm³/mol. The average Bonchev–Trinajstić information content (AvgIpc) is 2.63. The molecule has 0 aliphatic heterocycles. The zero-order valence-electron chi connectivity index (χ0n) is 15.1. The lowest BCUT2D eigenvalue weighted by atomic mass is 10.0. The monoisotopic (exact) mass is 394 g/mol. The number of ether oxygens (including phenoxy) is 1. The molecule has 0 N–H and O–H groups in total. The first-order valence-corrected chi connectivity index (χ1v) is 11.0. The van der Waals surface area contributed by atoms with Gasteiger partial charge in [-0.25, -0.2) is 4.79 Å². The van der Waals surface area contributed by atoms with Gasteiger partial charge in [0.15, 0.2) is 0 Å². The van der Waals surface area contributed by atoms with Crippen LogP contribution in [-0.4, -0.2) is 25.8 Å². The van der Waals surface area contributed by atoms with Crippen LogP contribution >= 0.6 is 6.72 Å². The molecule has 26 heavy (non-hydrogen) atoms. The lowest BCUT2D eigenvalue weighted by Crippen LogP contribution is -2.04. The van der Waals surface area contributed by atoms with Crippen molar-refractivity contribution in [1.29, 1.82) is 0 Å². The van der Waals surface area contributed by atoms with Crippen molar-refractivity contribution in [3.05, 3.63) is 54.1 Å². The van der Waals surface area contributed by atoms with Gasteiger partial charge in [0.25, 0.3) is 0 Å². The van der Waals surface area contributed by atoms with Crippen molar-refractivity contribution in [2.24, 2.45) is 0 Å². The van der Waals surface area contributed by atoms with Crippen LogP contribution in [0.1, 0.15) is 31.1 Å². The van der Waals surface area contributed by atoms with Crippen LogP contribution in [0.15, 0.2) is 48.5 Å². The zero-order valence-corrected chi connectivity index (χ0v) is 16.8. The van der Waals surface area contributed by atoms with E-state index in [4.69, 9.17) is 30.1 Å². The number of hydrogen-bond donors (Lipinski definition) is 0. The van der Waals surface area contributed by atoms with Crippen LogP contribution < -0.4 is 4.52 Å². The summed E-state index contributed by atoms with van der Waals surface area (Å²) in [5.41, 5.74) is 2.51. The molecule has 0 aliphatic rings. The van der Waals surface area contributed by atoms with Gasteiger partial charge in [0.1, 0.15) is 5.75 Å². The molecule has 0 amide bonds. The van der Waals surface area contributed by atoms with Gasteiger partial charge in [-0.2, -0.15) is 0 Å². The van der Waals surface area contributed by atoms with Crippen LogP contribution in [0.3, 0.4) is 0 Å². The molecule has 0 aliphatic carbocycles. The van der Waals surface area contributed by atoms with Crippen LogP contribution in [0.5, 0.6) is 5.75 Å². The molecule has 0 saturated carbocycles. The zero-order chi connectivity index (χ0) is 19.0. The van der Waals surface area contributed by atoms with E-state index in [1.807, 2.05) is 50.2 Å². The molecule has 0 spiro atoms. The first-order valence-electron chi connectivity index (χ1n) is 8.47. The van der Waals surface area contributed by atoms with Gasteiger partial charge in [0.2, 0.25) is 0 Å².